The molecule has 1 heterocycles. The van der Waals surface area contributed by atoms with E-state index in [0.717, 1.165) is 16.3 Å². The van der Waals surface area contributed by atoms with Crippen LogP contribution in [-0.2, 0) is 12.8 Å². The van der Waals surface area contributed by atoms with Crippen LogP contribution in [-0.4, -0.2) is 20.7 Å². The number of hydrogen-bond acceptors (Lipinski definition) is 4. The molecule has 0 aliphatic heterocycles. The second-order valence-electron chi connectivity index (χ2n) is 6.43. The van der Waals surface area contributed by atoms with Crippen LogP contribution in [0.4, 0.5) is 0 Å². The molecule has 0 saturated carbocycles. The Kier molecular flexibility index (Phi) is 6.65. The molecule has 1 atom stereocenters. The standard InChI is InChI=1S/C20H20Cl2N4OS/c1-12-6-4-5-7-16(12)19(27)23-13(2)18-24-25-20(26(18)3)28-11-14-8-9-15(21)10-17(14)22/h4-10,13H,11H2,1-3H3,(H,23,27)/t13-/m0/s1. The highest BCUT2D eigenvalue weighted by molar-refractivity contribution is 7.98. The highest BCUT2D eigenvalue weighted by Crippen LogP contribution is 2.28. The normalized spacial score (nSPS) is 12.0. The lowest BCUT2D eigenvalue weighted by molar-refractivity contribution is 0.0937. The molecule has 1 aromatic heterocycles. The van der Waals surface area contributed by atoms with Gasteiger partial charge in [0.1, 0.15) is 0 Å². The van der Waals surface area contributed by atoms with Crippen molar-refractivity contribution in [3.05, 3.63) is 75.0 Å². The first-order valence-corrected chi connectivity index (χ1v) is 10.4. The van der Waals surface area contributed by atoms with Gasteiger partial charge in [-0.3, -0.25) is 4.79 Å². The summed E-state index contributed by atoms with van der Waals surface area (Å²) in [6.45, 7) is 3.81. The van der Waals surface area contributed by atoms with Crippen molar-refractivity contribution >= 4 is 40.9 Å². The maximum absolute atomic E-state index is 12.5. The Morgan fingerprint density at radius 2 is 1.96 bits per heavy atom. The summed E-state index contributed by atoms with van der Waals surface area (Å²) in [6.07, 6.45) is 0. The molecule has 28 heavy (non-hydrogen) atoms. The van der Waals surface area contributed by atoms with Gasteiger partial charge in [-0.1, -0.05) is 59.2 Å². The third kappa shape index (κ3) is 4.69. The van der Waals surface area contributed by atoms with Crippen molar-refractivity contribution in [3.8, 4) is 0 Å². The second kappa shape index (κ2) is 8.99. The van der Waals surface area contributed by atoms with Crippen LogP contribution in [0.3, 0.4) is 0 Å². The summed E-state index contributed by atoms with van der Waals surface area (Å²) in [4.78, 5) is 12.5. The van der Waals surface area contributed by atoms with Gasteiger partial charge < -0.3 is 9.88 Å². The van der Waals surface area contributed by atoms with E-state index in [1.165, 1.54) is 11.8 Å². The molecular weight excluding hydrogens is 415 g/mol. The number of amides is 1. The fourth-order valence-corrected chi connectivity index (χ4v) is 4.25. The quantitative estimate of drug-likeness (QED) is 0.540. The van der Waals surface area contributed by atoms with Crippen molar-refractivity contribution in [1.29, 1.82) is 0 Å². The Bertz CT molecular complexity index is 1010. The van der Waals surface area contributed by atoms with E-state index >= 15 is 0 Å². The number of aromatic nitrogens is 3. The molecule has 0 unspecified atom stereocenters. The van der Waals surface area contributed by atoms with Crippen molar-refractivity contribution in [2.75, 3.05) is 0 Å². The minimum Gasteiger partial charge on any atom is -0.342 e. The number of carbonyl (C=O) groups is 1. The summed E-state index contributed by atoms with van der Waals surface area (Å²) in [6, 6.07) is 12.7. The summed E-state index contributed by atoms with van der Waals surface area (Å²) in [7, 11) is 1.89. The van der Waals surface area contributed by atoms with Gasteiger partial charge in [0.2, 0.25) is 0 Å². The lowest BCUT2D eigenvalue weighted by Gasteiger charge is -2.14. The van der Waals surface area contributed by atoms with Gasteiger partial charge in [-0.2, -0.15) is 0 Å². The van der Waals surface area contributed by atoms with Gasteiger partial charge in [0, 0.05) is 28.4 Å². The van der Waals surface area contributed by atoms with Crippen molar-refractivity contribution in [2.45, 2.75) is 30.8 Å². The Balaban J connectivity index is 1.68. The number of aryl methyl sites for hydroxylation is 1. The summed E-state index contributed by atoms with van der Waals surface area (Å²) in [5.41, 5.74) is 2.56. The van der Waals surface area contributed by atoms with Crippen LogP contribution >= 0.6 is 35.0 Å². The minimum absolute atomic E-state index is 0.129. The summed E-state index contributed by atoms with van der Waals surface area (Å²) in [5, 5.41) is 13.5. The molecule has 0 bridgehead atoms. The molecule has 0 aliphatic rings. The van der Waals surface area contributed by atoms with Gasteiger partial charge >= 0.3 is 0 Å². The Morgan fingerprint density at radius 3 is 2.68 bits per heavy atom. The topological polar surface area (TPSA) is 59.8 Å². The summed E-state index contributed by atoms with van der Waals surface area (Å²) < 4.78 is 1.89. The van der Waals surface area contributed by atoms with Crippen LogP contribution in [0, 0.1) is 6.92 Å². The maximum atomic E-state index is 12.5. The third-order valence-electron chi connectivity index (χ3n) is 4.37. The molecule has 0 radical (unpaired) electrons. The maximum Gasteiger partial charge on any atom is 0.252 e. The predicted molar refractivity (Wildman–Crippen MR) is 114 cm³/mol. The van der Waals surface area contributed by atoms with E-state index in [2.05, 4.69) is 15.5 Å². The van der Waals surface area contributed by atoms with Crippen LogP contribution in [0.2, 0.25) is 10.0 Å². The molecule has 2 aromatic carbocycles. The monoisotopic (exact) mass is 434 g/mol. The largest absolute Gasteiger partial charge is 0.342 e. The lowest BCUT2D eigenvalue weighted by atomic mass is 10.1. The third-order valence-corrected chi connectivity index (χ3v) is 6.02. The first-order chi connectivity index (χ1) is 13.4. The first kappa shape index (κ1) is 20.7. The minimum atomic E-state index is -0.280. The summed E-state index contributed by atoms with van der Waals surface area (Å²) >= 11 is 13.7. The average Bonchev–Trinajstić information content (AvgIpc) is 3.02. The van der Waals surface area contributed by atoms with E-state index in [-0.39, 0.29) is 11.9 Å². The molecule has 0 aliphatic carbocycles. The number of thioether (sulfide) groups is 1. The van der Waals surface area contributed by atoms with Crippen molar-refractivity contribution in [2.24, 2.45) is 7.05 Å². The SMILES string of the molecule is Cc1ccccc1C(=O)N[C@@H](C)c1nnc(SCc2ccc(Cl)cc2Cl)n1C. The molecule has 0 saturated heterocycles. The van der Waals surface area contributed by atoms with Crippen molar-refractivity contribution in [1.82, 2.24) is 20.1 Å². The van der Waals surface area contributed by atoms with Crippen LogP contribution < -0.4 is 5.32 Å². The average molecular weight is 435 g/mol. The van der Waals surface area contributed by atoms with Gasteiger partial charge in [-0.15, -0.1) is 10.2 Å². The number of hydrogen-bond donors (Lipinski definition) is 1. The lowest BCUT2D eigenvalue weighted by Crippen LogP contribution is -2.29. The fourth-order valence-electron chi connectivity index (χ4n) is 2.78. The van der Waals surface area contributed by atoms with E-state index < -0.39 is 0 Å². The van der Waals surface area contributed by atoms with Gasteiger partial charge in [-0.25, -0.2) is 0 Å². The van der Waals surface area contributed by atoms with E-state index in [9.17, 15) is 4.79 Å². The van der Waals surface area contributed by atoms with Gasteiger partial charge in [0.25, 0.3) is 5.91 Å². The first-order valence-electron chi connectivity index (χ1n) is 8.69. The molecule has 146 valence electrons. The highest BCUT2D eigenvalue weighted by Gasteiger charge is 2.19. The van der Waals surface area contributed by atoms with Crippen LogP contribution in [0.5, 0.6) is 0 Å². The van der Waals surface area contributed by atoms with E-state index in [1.807, 2.05) is 61.9 Å². The predicted octanol–water partition coefficient (Wildman–Crippen LogP) is 5.21. The Hall–Kier alpha value is -2.02. The van der Waals surface area contributed by atoms with Gasteiger partial charge in [0.05, 0.1) is 6.04 Å². The number of carbonyl (C=O) groups excluding carboxylic acids is 1. The Labute approximate surface area is 178 Å². The highest BCUT2D eigenvalue weighted by atomic mass is 35.5. The second-order valence-corrected chi connectivity index (χ2v) is 8.22. The molecule has 1 amide bonds. The molecule has 0 fully saturated rings. The fraction of sp³-hybridized carbons (Fsp3) is 0.250. The van der Waals surface area contributed by atoms with Gasteiger partial charge in [0.15, 0.2) is 11.0 Å². The number of nitrogens with one attached hydrogen (secondary N) is 1. The zero-order valence-electron chi connectivity index (χ0n) is 15.7. The number of rotatable bonds is 6. The zero-order chi connectivity index (χ0) is 20.3. The molecule has 8 heteroatoms. The molecule has 0 spiro atoms. The zero-order valence-corrected chi connectivity index (χ0v) is 18.1. The van der Waals surface area contributed by atoms with Gasteiger partial charge in [-0.05, 0) is 43.2 Å². The molecular formula is C20H20Cl2N4OS. The number of benzene rings is 2. The smallest absolute Gasteiger partial charge is 0.252 e. The van der Waals surface area contributed by atoms with E-state index in [4.69, 9.17) is 23.2 Å². The van der Waals surface area contributed by atoms with Crippen LogP contribution in [0.15, 0.2) is 47.6 Å². The number of halogens is 2. The van der Waals surface area contributed by atoms with E-state index in [1.54, 1.807) is 6.07 Å². The molecule has 3 rings (SSSR count). The van der Waals surface area contributed by atoms with Crippen LogP contribution in [0.25, 0.3) is 0 Å². The Morgan fingerprint density at radius 1 is 1.21 bits per heavy atom. The molecule has 3 aromatic rings. The van der Waals surface area contributed by atoms with E-state index in [0.29, 0.717) is 27.2 Å². The summed E-state index contributed by atoms with van der Waals surface area (Å²) in [5.74, 6) is 1.20. The van der Waals surface area contributed by atoms with Crippen LogP contribution in [0.1, 0.15) is 40.3 Å². The molecule has 5 nitrogen and oxygen atoms in total. The molecule has 1 N–H and O–H groups in total. The number of nitrogens with zero attached hydrogens (tertiary/aromatic N) is 3. The van der Waals surface area contributed by atoms with Crippen molar-refractivity contribution < 1.29 is 4.79 Å². The van der Waals surface area contributed by atoms with Crippen molar-refractivity contribution in [3.63, 3.8) is 0 Å².